The highest BCUT2D eigenvalue weighted by Crippen LogP contribution is 2.19. The molecule has 0 radical (unpaired) electrons. The Bertz CT molecular complexity index is 1820. The topological polar surface area (TPSA) is 228 Å². The number of carboxylic acids is 1. The molecule has 3 N–H and O–H groups in total. The van der Waals surface area contributed by atoms with Crippen LogP contribution in [0.5, 0.6) is 5.75 Å². The number of esters is 1. The quantitative estimate of drug-likeness (QED) is 0.0706. The van der Waals surface area contributed by atoms with Crippen molar-refractivity contribution in [2.24, 2.45) is 0 Å². The van der Waals surface area contributed by atoms with Crippen molar-refractivity contribution in [2.75, 3.05) is 72.6 Å². The van der Waals surface area contributed by atoms with Gasteiger partial charge in [0.25, 0.3) is 5.91 Å². The maximum atomic E-state index is 13.1. The third-order valence-electron chi connectivity index (χ3n) is 7.71. The molecule has 58 heavy (non-hydrogen) atoms. The van der Waals surface area contributed by atoms with Gasteiger partial charge in [-0.3, -0.25) is 14.4 Å². The van der Waals surface area contributed by atoms with Crippen molar-refractivity contribution in [3.05, 3.63) is 83.4 Å². The molecule has 2 amide bonds. The molecule has 17 nitrogen and oxygen atoms in total. The fourth-order valence-electron chi connectivity index (χ4n) is 4.92. The summed E-state index contributed by atoms with van der Waals surface area (Å²) in [6, 6.07) is 14.4. The molecule has 0 aliphatic rings. The van der Waals surface area contributed by atoms with Crippen LogP contribution in [-0.4, -0.2) is 125 Å². The van der Waals surface area contributed by atoms with Crippen molar-refractivity contribution < 1.29 is 61.1 Å². The van der Waals surface area contributed by atoms with Gasteiger partial charge in [-0.25, -0.2) is 23.2 Å². The van der Waals surface area contributed by atoms with Gasteiger partial charge < -0.3 is 44.2 Å². The molecule has 0 bridgehead atoms. The lowest BCUT2D eigenvalue weighted by atomic mass is 10.0. The molecule has 0 saturated carbocycles. The molecule has 0 aliphatic heterocycles. The van der Waals surface area contributed by atoms with E-state index in [1.807, 2.05) is 45.0 Å². The third kappa shape index (κ3) is 20.4. The number of hydrogen-bond donors (Lipinski definition) is 3. The molecule has 0 spiro atoms. The summed E-state index contributed by atoms with van der Waals surface area (Å²) in [5.74, 6) is -1.73. The Kier molecular flexibility index (Phi) is 20.7. The molecule has 0 saturated heterocycles. The highest BCUT2D eigenvalue weighted by Gasteiger charge is 2.18. The zero-order valence-corrected chi connectivity index (χ0v) is 34.1. The summed E-state index contributed by atoms with van der Waals surface area (Å²) in [5, 5.41) is 13.7. The first kappa shape index (κ1) is 47.4. The number of sulfone groups is 1. The number of hydrogen-bond acceptors (Lipinski definition) is 14. The second-order valence-corrected chi connectivity index (χ2v) is 15.8. The van der Waals surface area contributed by atoms with Crippen LogP contribution < -0.4 is 15.4 Å². The van der Waals surface area contributed by atoms with Gasteiger partial charge >= 0.3 is 11.9 Å². The van der Waals surface area contributed by atoms with E-state index in [4.69, 9.17) is 33.5 Å². The van der Waals surface area contributed by atoms with E-state index in [1.165, 1.54) is 12.4 Å². The van der Waals surface area contributed by atoms with Crippen LogP contribution >= 0.6 is 0 Å². The second kappa shape index (κ2) is 25.4. The largest absolute Gasteiger partial charge is 0.494 e. The molecule has 0 atom stereocenters. The minimum Gasteiger partial charge on any atom is -0.494 e. The molecule has 3 rings (SSSR count). The van der Waals surface area contributed by atoms with Gasteiger partial charge in [-0.05, 0) is 75.4 Å². The Labute approximate surface area is 339 Å². The zero-order chi connectivity index (χ0) is 42.2. The number of nitrogens with one attached hydrogen (secondary N) is 2. The van der Waals surface area contributed by atoms with Crippen molar-refractivity contribution in [1.29, 1.82) is 0 Å². The summed E-state index contributed by atoms with van der Waals surface area (Å²) in [7, 11) is -3.74. The fourth-order valence-corrected chi connectivity index (χ4v) is 6.13. The Hall–Kier alpha value is -5.01. The number of amides is 2. The molecule has 318 valence electrons. The number of carbonyl (C=O) groups is 4. The van der Waals surface area contributed by atoms with E-state index in [0.29, 0.717) is 25.9 Å². The molecular formula is C40H54N4O13S. The van der Waals surface area contributed by atoms with Crippen LogP contribution in [0.25, 0.3) is 0 Å². The monoisotopic (exact) mass is 830 g/mol. The number of nitrogens with zero attached hydrogens (tertiary/aromatic N) is 2. The summed E-state index contributed by atoms with van der Waals surface area (Å²) < 4.78 is 57.9. The number of aliphatic carboxylic acids is 1. The maximum absolute atomic E-state index is 13.1. The molecule has 0 unspecified atom stereocenters. The number of carbonyl (C=O) groups excluding carboxylic acids is 3. The van der Waals surface area contributed by atoms with Crippen LogP contribution in [0.15, 0.2) is 65.8 Å². The van der Waals surface area contributed by atoms with Gasteiger partial charge in [0.1, 0.15) is 36.1 Å². The van der Waals surface area contributed by atoms with E-state index in [9.17, 15) is 27.6 Å². The van der Waals surface area contributed by atoms with Gasteiger partial charge in [0.15, 0.2) is 9.84 Å². The zero-order valence-electron chi connectivity index (χ0n) is 33.2. The van der Waals surface area contributed by atoms with Gasteiger partial charge in [-0.2, -0.15) is 0 Å². The maximum Gasteiger partial charge on any atom is 0.329 e. The number of aryl methyl sites for hydroxylation is 2. The van der Waals surface area contributed by atoms with Crippen LogP contribution in [0.2, 0.25) is 0 Å². The van der Waals surface area contributed by atoms with Crippen LogP contribution in [-0.2, 0) is 66.5 Å². The van der Waals surface area contributed by atoms with E-state index in [1.54, 1.807) is 24.3 Å². The normalized spacial score (nSPS) is 11.5. The first-order valence-electron chi connectivity index (χ1n) is 18.8. The average molecular weight is 831 g/mol. The predicted octanol–water partition coefficient (Wildman–Crippen LogP) is 2.73. The Balaban J connectivity index is 1.26. The van der Waals surface area contributed by atoms with Gasteiger partial charge in [0.2, 0.25) is 5.91 Å². The van der Waals surface area contributed by atoms with Crippen LogP contribution in [0, 0.1) is 0 Å². The first-order valence-corrected chi connectivity index (χ1v) is 20.5. The Morgan fingerprint density at radius 2 is 1.26 bits per heavy atom. The number of carboxylic acid groups (broad SMARTS) is 1. The fraction of sp³-hybridized carbons (Fsp3) is 0.500. The van der Waals surface area contributed by atoms with Crippen LogP contribution in [0.1, 0.15) is 60.9 Å². The summed E-state index contributed by atoms with van der Waals surface area (Å²) in [6.45, 7) is 6.96. The number of benzene rings is 2. The van der Waals surface area contributed by atoms with E-state index < -0.39 is 39.7 Å². The van der Waals surface area contributed by atoms with Crippen molar-refractivity contribution in [3.8, 4) is 5.75 Å². The summed E-state index contributed by atoms with van der Waals surface area (Å²) in [5.41, 5.74) is 1.74. The van der Waals surface area contributed by atoms with Crippen LogP contribution in [0.3, 0.4) is 0 Å². The molecule has 18 heteroatoms. The van der Waals surface area contributed by atoms with Crippen molar-refractivity contribution >= 4 is 33.6 Å². The summed E-state index contributed by atoms with van der Waals surface area (Å²) in [4.78, 5) is 54.7. The first-order chi connectivity index (χ1) is 27.7. The molecule has 3 aromatic rings. The smallest absolute Gasteiger partial charge is 0.329 e. The summed E-state index contributed by atoms with van der Waals surface area (Å²) >= 11 is 0. The highest BCUT2D eigenvalue weighted by molar-refractivity contribution is 7.90. The molecular weight excluding hydrogens is 777 g/mol. The predicted molar refractivity (Wildman–Crippen MR) is 210 cm³/mol. The van der Waals surface area contributed by atoms with Crippen LogP contribution in [0.4, 0.5) is 0 Å². The number of rotatable bonds is 28. The molecule has 0 aliphatic carbocycles. The lowest BCUT2D eigenvalue weighted by Gasteiger charge is -2.19. The lowest BCUT2D eigenvalue weighted by molar-refractivity contribution is -0.155. The van der Waals surface area contributed by atoms with Gasteiger partial charge in [-0.1, -0.05) is 24.3 Å². The van der Waals surface area contributed by atoms with E-state index in [0.717, 1.165) is 23.3 Å². The van der Waals surface area contributed by atoms with Gasteiger partial charge in [0, 0.05) is 31.9 Å². The third-order valence-corrected chi connectivity index (χ3v) is 9.34. The summed E-state index contributed by atoms with van der Waals surface area (Å²) in [6.07, 6.45) is 4.85. The molecule has 1 heterocycles. The van der Waals surface area contributed by atoms with Crippen molar-refractivity contribution in [3.63, 3.8) is 0 Å². The molecule has 0 fully saturated rings. The van der Waals surface area contributed by atoms with E-state index >= 15 is 0 Å². The lowest BCUT2D eigenvalue weighted by Crippen LogP contribution is -2.31. The second-order valence-electron chi connectivity index (χ2n) is 13.8. The SMILES string of the molecule is CC(C)(C)OC(=O)CCCOc1ccc(CCc2ccc(S(=O)(=O)Cc3ncc(C(=O)NCCOCCOCC(=O)NCCOCCOCC(=O)O)cn3)cc2)cc1. The minimum atomic E-state index is -3.74. The Morgan fingerprint density at radius 3 is 1.84 bits per heavy atom. The molecule has 1 aromatic heterocycles. The number of ether oxygens (including phenoxy) is 6. The van der Waals surface area contributed by atoms with Gasteiger partial charge in [0.05, 0.1) is 56.7 Å². The number of aromatic nitrogens is 2. The molecule has 2 aromatic carbocycles. The van der Waals surface area contributed by atoms with E-state index in [2.05, 4.69) is 20.6 Å². The van der Waals surface area contributed by atoms with Crippen molar-refractivity contribution in [2.45, 2.75) is 62.7 Å². The Morgan fingerprint density at radius 1 is 0.707 bits per heavy atom. The van der Waals surface area contributed by atoms with Gasteiger partial charge in [-0.15, -0.1) is 0 Å². The minimum absolute atomic E-state index is 0.0570. The van der Waals surface area contributed by atoms with Crippen molar-refractivity contribution in [1.82, 2.24) is 20.6 Å². The standard InChI is InChI=1S/C40H54N4O13S/c1-40(2,3)57-38(48)5-4-18-56-33-12-8-30(9-13-33)6-7-31-10-14-34(15-11-31)58(50,51)29-35-43-25-32(26-44-35)39(49)42-17-20-53-21-23-54-27-36(45)41-16-19-52-22-24-55-28-37(46)47/h8-15,25-26H,4-7,16-24,27-29H2,1-3H3,(H,41,45)(H,42,49)(H,46,47). The highest BCUT2D eigenvalue weighted by atomic mass is 32.2. The van der Waals surface area contributed by atoms with E-state index in [-0.39, 0.29) is 87.5 Å². The average Bonchev–Trinajstić information content (AvgIpc) is 3.17.